The van der Waals surface area contributed by atoms with Crippen molar-refractivity contribution < 1.29 is 4.74 Å². The fourth-order valence-corrected chi connectivity index (χ4v) is 4.97. The van der Waals surface area contributed by atoms with Crippen LogP contribution in [0.4, 0.5) is 0 Å². The molecule has 1 N–H and O–H groups in total. The van der Waals surface area contributed by atoms with Crippen molar-refractivity contribution >= 4 is 17.3 Å². The third kappa shape index (κ3) is 4.37. The Hall–Kier alpha value is -1.96. The quantitative estimate of drug-likeness (QED) is 0.633. The molecular formula is C21H29N5OS. The van der Waals surface area contributed by atoms with Gasteiger partial charge in [0, 0.05) is 49.7 Å². The molecule has 1 aromatic carbocycles. The summed E-state index contributed by atoms with van der Waals surface area (Å²) in [5, 5.41) is 4.64. The van der Waals surface area contributed by atoms with Crippen molar-refractivity contribution in [1.29, 1.82) is 0 Å². The summed E-state index contributed by atoms with van der Waals surface area (Å²) in [6.07, 6.45) is 1.19. The molecule has 28 heavy (non-hydrogen) atoms. The second kappa shape index (κ2) is 9.03. The van der Waals surface area contributed by atoms with Crippen LogP contribution in [-0.2, 0) is 11.3 Å². The van der Waals surface area contributed by atoms with Gasteiger partial charge in [-0.25, -0.2) is 4.98 Å². The van der Waals surface area contributed by atoms with Crippen LogP contribution < -0.4 is 5.32 Å². The van der Waals surface area contributed by atoms with Crippen LogP contribution in [0.2, 0.25) is 0 Å². The molecule has 2 aliphatic heterocycles. The highest BCUT2D eigenvalue weighted by atomic mass is 32.1. The molecule has 0 aliphatic carbocycles. The average molecular weight is 400 g/mol. The predicted octanol–water partition coefficient (Wildman–Crippen LogP) is 2.60. The van der Waals surface area contributed by atoms with E-state index in [1.165, 1.54) is 16.9 Å². The maximum atomic E-state index is 5.49. The van der Waals surface area contributed by atoms with Gasteiger partial charge in [0.1, 0.15) is 5.01 Å². The summed E-state index contributed by atoms with van der Waals surface area (Å²) in [5.74, 6) is 0.991. The van der Waals surface area contributed by atoms with Crippen molar-refractivity contribution in [2.75, 3.05) is 46.4 Å². The van der Waals surface area contributed by atoms with Gasteiger partial charge in [-0.15, -0.1) is 11.3 Å². The molecule has 6 nitrogen and oxygen atoms in total. The minimum Gasteiger partial charge on any atom is -0.379 e. The van der Waals surface area contributed by atoms with Crippen LogP contribution in [0, 0.1) is 6.92 Å². The van der Waals surface area contributed by atoms with E-state index in [1.807, 2.05) is 13.1 Å². The van der Waals surface area contributed by atoms with E-state index in [2.05, 4.69) is 51.3 Å². The SMILES string of the molecule is CN=C(NCc1sc(-c2ccccc2)nc1C)N1CCC(N2CCOCC2)C1. The van der Waals surface area contributed by atoms with Gasteiger partial charge in [-0.3, -0.25) is 9.89 Å². The van der Waals surface area contributed by atoms with Gasteiger partial charge in [-0.05, 0) is 13.3 Å². The molecule has 2 aromatic rings. The molecular weight excluding hydrogens is 370 g/mol. The van der Waals surface area contributed by atoms with Crippen LogP contribution in [0.1, 0.15) is 17.0 Å². The summed E-state index contributed by atoms with van der Waals surface area (Å²) in [5.41, 5.74) is 2.28. The van der Waals surface area contributed by atoms with Crippen LogP contribution in [0.15, 0.2) is 35.3 Å². The molecule has 2 fully saturated rings. The van der Waals surface area contributed by atoms with Crippen LogP contribution in [-0.4, -0.2) is 73.2 Å². The number of hydrogen-bond acceptors (Lipinski definition) is 5. The highest BCUT2D eigenvalue weighted by molar-refractivity contribution is 7.15. The van der Waals surface area contributed by atoms with Crippen molar-refractivity contribution in [2.45, 2.75) is 25.9 Å². The first kappa shape index (κ1) is 19.4. The van der Waals surface area contributed by atoms with E-state index in [4.69, 9.17) is 9.72 Å². The van der Waals surface area contributed by atoms with Gasteiger partial charge in [0.25, 0.3) is 0 Å². The number of aliphatic imine (C=N–C) groups is 1. The Bertz CT molecular complexity index is 800. The van der Waals surface area contributed by atoms with Gasteiger partial charge in [-0.2, -0.15) is 0 Å². The lowest BCUT2D eigenvalue weighted by atomic mass is 10.2. The van der Waals surface area contributed by atoms with E-state index >= 15 is 0 Å². The standard InChI is InChI=1S/C21H29N5OS/c1-16-19(28-20(24-16)17-6-4-3-5-7-17)14-23-21(22-2)26-9-8-18(15-26)25-10-12-27-13-11-25/h3-7,18H,8-15H2,1-2H3,(H,22,23). The zero-order valence-electron chi connectivity index (χ0n) is 16.7. The van der Waals surface area contributed by atoms with Crippen molar-refractivity contribution in [3.63, 3.8) is 0 Å². The highest BCUT2D eigenvalue weighted by Crippen LogP contribution is 2.27. The van der Waals surface area contributed by atoms with Crippen molar-refractivity contribution in [2.24, 2.45) is 4.99 Å². The van der Waals surface area contributed by atoms with E-state index in [9.17, 15) is 0 Å². The smallest absolute Gasteiger partial charge is 0.193 e. The van der Waals surface area contributed by atoms with E-state index in [0.29, 0.717) is 6.04 Å². The van der Waals surface area contributed by atoms with E-state index in [1.54, 1.807) is 11.3 Å². The number of hydrogen-bond donors (Lipinski definition) is 1. The van der Waals surface area contributed by atoms with Crippen molar-refractivity contribution in [3.05, 3.63) is 40.9 Å². The number of benzene rings is 1. The summed E-state index contributed by atoms with van der Waals surface area (Å²) in [6.45, 7) is 8.76. The minimum atomic E-state index is 0.609. The molecule has 1 aromatic heterocycles. The van der Waals surface area contributed by atoms with Gasteiger partial charge >= 0.3 is 0 Å². The number of ether oxygens (including phenoxy) is 1. The van der Waals surface area contributed by atoms with Crippen LogP contribution in [0.5, 0.6) is 0 Å². The summed E-state index contributed by atoms with van der Waals surface area (Å²) in [7, 11) is 1.87. The molecule has 0 spiro atoms. The third-order valence-electron chi connectivity index (χ3n) is 5.56. The fraction of sp³-hybridized carbons (Fsp3) is 0.524. The van der Waals surface area contributed by atoms with Crippen molar-refractivity contribution in [1.82, 2.24) is 20.1 Å². The molecule has 0 saturated carbocycles. The summed E-state index contributed by atoms with van der Waals surface area (Å²) < 4.78 is 5.49. The summed E-state index contributed by atoms with van der Waals surface area (Å²) >= 11 is 1.76. The maximum absolute atomic E-state index is 5.49. The Morgan fingerprint density at radius 2 is 2.04 bits per heavy atom. The third-order valence-corrected chi connectivity index (χ3v) is 6.76. The molecule has 0 radical (unpaired) electrons. The Balaban J connectivity index is 1.35. The molecule has 1 unspecified atom stereocenters. The van der Waals surface area contributed by atoms with Crippen LogP contribution >= 0.6 is 11.3 Å². The van der Waals surface area contributed by atoms with Gasteiger partial charge in [0.2, 0.25) is 0 Å². The highest BCUT2D eigenvalue weighted by Gasteiger charge is 2.30. The number of nitrogens with one attached hydrogen (secondary N) is 1. The number of aryl methyl sites for hydroxylation is 1. The number of aromatic nitrogens is 1. The summed E-state index contributed by atoms with van der Waals surface area (Å²) in [6, 6.07) is 11.0. The predicted molar refractivity (Wildman–Crippen MR) is 115 cm³/mol. The van der Waals surface area contributed by atoms with E-state index in [0.717, 1.165) is 62.6 Å². The molecule has 7 heteroatoms. The lowest BCUT2D eigenvalue weighted by molar-refractivity contribution is 0.0195. The number of thiazole rings is 1. The second-order valence-corrected chi connectivity index (χ2v) is 8.41. The number of morpholine rings is 1. The van der Waals surface area contributed by atoms with Crippen LogP contribution in [0.3, 0.4) is 0 Å². The molecule has 150 valence electrons. The fourth-order valence-electron chi connectivity index (χ4n) is 3.96. The van der Waals surface area contributed by atoms with Crippen molar-refractivity contribution in [3.8, 4) is 10.6 Å². The molecule has 3 heterocycles. The lowest BCUT2D eigenvalue weighted by Crippen LogP contribution is -2.46. The molecule has 1 atom stereocenters. The topological polar surface area (TPSA) is 53.0 Å². The molecule has 0 bridgehead atoms. The normalized spacial score (nSPS) is 21.3. The second-order valence-electron chi connectivity index (χ2n) is 7.33. The number of guanidine groups is 1. The Morgan fingerprint density at radius 3 is 2.79 bits per heavy atom. The zero-order valence-corrected chi connectivity index (χ0v) is 17.5. The first-order chi connectivity index (χ1) is 13.7. The molecule has 4 rings (SSSR count). The largest absolute Gasteiger partial charge is 0.379 e. The van der Waals surface area contributed by atoms with Gasteiger partial charge in [-0.1, -0.05) is 30.3 Å². The Morgan fingerprint density at radius 1 is 1.25 bits per heavy atom. The average Bonchev–Trinajstić information content (AvgIpc) is 3.37. The van der Waals surface area contributed by atoms with Gasteiger partial charge in [0.15, 0.2) is 5.96 Å². The lowest BCUT2D eigenvalue weighted by Gasteiger charge is -2.32. The molecule has 0 amide bonds. The molecule has 2 aliphatic rings. The first-order valence-corrected chi connectivity index (χ1v) is 10.9. The van der Waals surface area contributed by atoms with Crippen LogP contribution in [0.25, 0.3) is 10.6 Å². The summed E-state index contributed by atoms with van der Waals surface area (Å²) in [4.78, 5) is 15.5. The number of rotatable bonds is 4. The Labute approximate surface area is 171 Å². The van der Waals surface area contributed by atoms with Gasteiger partial charge < -0.3 is 15.0 Å². The van der Waals surface area contributed by atoms with E-state index in [-0.39, 0.29) is 0 Å². The van der Waals surface area contributed by atoms with Gasteiger partial charge in [0.05, 0.1) is 25.5 Å². The minimum absolute atomic E-state index is 0.609. The first-order valence-electron chi connectivity index (χ1n) is 10.0. The Kier molecular flexibility index (Phi) is 6.24. The zero-order chi connectivity index (χ0) is 19.3. The van der Waals surface area contributed by atoms with E-state index < -0.39 is 0 Å². The number of nitrogens with zero attached hydrogens (tertiary/aromatic N) is 4. The number of likely N-dealkylation sites (tertiary alicyclic amines) is 1. The molecule has 2 saturated heterocycles. The monoisotopic (exact) mass is 399 g/mol. The maximum Gasteiger partial charge on any atom is 0.193 e.